The Hall–Kier alpha value is -4.15. The first-order chi connectivity index (χ1) is 24.4. The maximum Gasteiger partial charge on any atom is 0.328 e. The number of benzene rings is 1. The third-order valence-electron chi connectivity index (χ3n) is 9.78. The summed E-state index contributed by atoms with van der Waals surface area (Å²) in [5.74, 6) is -1.26. The van der Waals surface area contributed by atoms with E-state index in [1.54, 1.807) is 11.1 Å². The number of likely N-dealkylation sites (tertiary alicyclic amines) is 1. The van der Waals surface area contributed by atoms with Gasteiger partial charge in [0.05, 0.1) is 18.0 Å². The standard InChI is InChI=1S/C32H47FN6O4S.C4H4O4.CH4/c1-22(2)39(23(3)4)31(40)27-16-25(33)8-11-28(27)43-29-17-34-21-35-30(29)38-19-32(20-38)12-14-37(15-13-32)18-24-6-9-26(10-7-24)36-44(5,41)42;5-3(6)1-2-4(7)8;/h8,11,16-17,21-24,26,36H,6-7,9-10,12-15,18-20H2,1-5H3;1-2H,(H,5,6)(H,7,8);1H4/b;2-1+;. The number of nitrogens with zero attached hydrogens (tertiary/aromatic N) is 5. The molecule has 0 unspecified atom stereocenters. The second-order valence-corrected chi connectivity index (χ2v) is 16.4. The molecule has 1 aromatic heterocycles. The molecule has 2 saturated heterocycles. The van der Waals surface area contributed by atoms with Gasteiger partial charge in [-0.25, -0.2) is 37.1 Å². The highest BCUT2D eigenvalue weighted by Gasteiger charge is 2.46. The number of carbonyl (C=O) groups excluding carboxylic acids is 1. The molecule has 14 nitrogen and oxygen atoms in total. The zero-order valence-electron chi connectivity index (χ0n) is 30.5. The Balaban J connectivity index is 0.000000755. The molecule has 16 heteroatoms. The minimum Gasteiger partial charge on any atom is -0.478 e. The number of hydrogen-bond donors (Lipinski definition) is 3. The average Bonchev–Trinajstić information content (AvgIpc) is 3.04. The van der Waals surface area contributed by atoms with E-state index in [9.17, 15) is 27.2 Å². The molecular formula is C37H55FN6O8S. The molecule has 0 bridgehead atoms. The van der Waals surface area contributed by atoms with Gasteiger partial charge in [0.1, 0.15) is 17.9 Å². The van der Waals surface area contributed by atoms with Gasteiger partial charge < -0.3 is 29.6 Å². The van der Waals surface area contributed by atoms with Crippen LogP contribution in [0.5, 0.6) is 11.5 Å². The van der Waals surface area contributed by atoms with Crippen molar-refractivity contribution in [2.45, 2.75) is 91.8 Å². The molecule has 3 aliphatic rings. The molecule has 1 aromatic carbocycles. The van der Waals surface area contributed by atoms with Crippen LogP contribution < -0.4 is 14.4 Å². The number of piperidine rings is 1. The molecule has 294 valence electrons. The summed E-state index contributed by atoms with van der Waals surface area (Å²) in [4.78, 5) is 47.8. The van der Waals surface area contributed by atoms with Gasteiger partial charge in [0, 0.05) is 55.3 Å². The number of ether oxygens (including phenoxy) is 1. The highest BCUT2D eigenvalue weighted by atomic mass is 32.2. The first kappa shape index (κ1) is 43.3. The molecule has 3 fully saturated rings. The van der Waals surface area contributed by atoms with Gasteiger partial charge in [-0.1, -0.05) is 7.43 Å². The zero-order valence-corrected chi connectivity index (χ0v) is 31.3. The first-order valence-corrected chi connectivity index (χ1v) is 19.5. The number of amides is 1. The second kappa shape index (κ2) is 18.7. The fourth-order valence-corrected chi connectivity index (χ4v) is 8.26. The number of sulfonamides is 1. The largest absolute Gasteiger partial charge is 0.478 e. The third-order valence-corrected chi connectivity index (χ3v) is 10.5. The van der Waals surface area contributed by atoms with Gasteiger partial charge >= 0.3 is 11.9 Å². The minimum atomic E-state index is -3.15. The maximum absolute atomic E-state index is 14.3. The van der Waals surface area contributed by atoms with Crippen LogP contribution in [0, 0.1) is 17.2 Å². The van der Waals surface area contributed by atoms with Crippen molar-refractivity contribution >= 4 is 33.7 Å². The van der Waals surface area contributed by atoms with Crippen LogP contribution in [0.4, 0.5) is 10.2 Å². The smallest absolute Gasteiger partial charge is 0.328 e. The number of carboxylic acid groups (broad SMARTS) is 2. The summed E-state index contributed by atoms with van der Waals surface area (Å²) in [6.45, 7) is 12.7. The number of carboxylic acids is 2. The maximum atomic E-state index is 14.3. The monoisotopic (exact) mass is 762 g/mol. The van der Waals surface area contributed by atoms with Crippen molar-refractivity contribution in [1.82, 2.24) is 24.5 Å². The highest BCUT2D eigenvalue weighted by Crippen LogP contribution is 2.45. The Morgan fingerprint density at radius 2 is 1.60 bits per heavy atom. The number of aliphatic carboxylic acids is 2. The van der Waals surface area contributed by atoms with Crippen molar-refractivity contribution in [2.75, 3.05) is 43.9 Å². The van der Waals surface area contributed by atoms with E-state index in [0.29, 0.717) is 29.6 Å². The van der Waals surface area contributed by atoms with Crippen LogP contribution in [-0.4, -0.2) is 113 Å². The van der Waals surface area contributed by atoms with E-state index in [4.69, 9.17) is 14.9 Å². The minimum absolute atomic E-state index is 0. The van der Waals surface area contributed by atoms with Crippen LogP contribution in [-0.2, 0) is 19.6 Å². The number of rotatable bonds is 12. The van der Waals surface area contributed by atoms with E-state index in [0.717, 1.165) is 71.2 Å². The predicted octanol–water partition coefficient (Wildman–Crippen LogP) is 5.03. The van der Waals surface area contributed by atoms with Crippen molar-refractivity contribution in [3.05, 3.63) is 54.3 Å². The lowest BCUT2D eigenvalue weighted by Crippen LogP contribution is -2.61. The summed E-state index contributed by atoms with van der Waals surface area (Å²) in [5.41, 5.74) is 0.414. The molecule has 53 heavy (non-hydrogen) atoms. The summed E-state index contributed by atoms with van der Waals surface area (Å²) < 4.78 is 46.5. The van der Waals surface area contributed by atoms with E-state index in [2.05, 4.69) is 24.5 Å². The molecule has 3 heterocycles. The molecule has 2 aliphatic heterocycles. The van der Waals surface area contributed by atoms with Gasteiger partial charge in [0.15, 0.2) is 11.6 Å². The Morgan fingerprint density at radius 3 is 2.13 bits per heavy atom. The van der Waals surface area contributed by atoms with Gasteiger partial charge in [0.25, 0.3) is 5.91 Å². The van der Waals surface area contributed by atoms with Gasteiger partial charge in [0.2, 0.25) is 10.0 Å². The predicted molar refractivity (Wildman–Crippen MR) is 200 cm³/mol. The number of nitrogens with one attached hydrogen (secondary N) is 1. The van der Waals surface area contributed by atoms with Gasteiger partial charge in [-0.05, 0) is 103 Å². The molecule has 1 amide bonds. The van der Waals surface area contributed by atoms with Crippen molar-refractivity contribution in [3.63, 3.8) is 0 Å². The van der Waals surface area contributed by atoms with E-state index in [1.807, 2.05) is 27.7 Å². The van der Waals surface area contributed by atoms with Crippen molar-refractivity contribution < 1.29 is 42.1 Å². The van der Waals surface area contributed by atoms with Crippen LogP contribution in [0.15, 0.2) is 42.9 Å². The lowest BCUT2D eigenvalue weighted by atomic mass is 9.71. The van der Waals surface area contributed by atoms with Crippen LogP contribution >= 0.6 is 0 Å². The summed E-state index contributed by atoms with van der Waals surface area (Å²) in [6, 6.07) is 4.00. The van der Waals surface area contributed by atoms with Crippen molar-refractivity contribution in [3.8, 4) is 11.5 Å². The van der Waals surface area contributed by atoms with Crippen molar-refractivity contribution in [1.29, 1.82) is 0 Å². The Bertz CT molecular complexity index is 1670. The lowest BCUT2D eigenvalue weighted by Gasteiger charge is -2.54. The van der Waals surface area contributed by atoms with Gasteiger partial charge in [-0.15, -0.1) is 0 Å². The van der Waals surface area contributed by atoms with Crippen molar-refractivity contribution in [2.24, 2.45) is 11.3 Å². The summed E-state index contributed by atoms with van der Waals surface area (Å²) in [7, 11) is -3.15. The zero-order chi connectivity index (χ0) is 38.2. The lowest BCUT2D eigenvalue weighted by molar-refractivity contribution is -0.134. The molecule has 5 rings (SSSR count). The summed E-state index contributed by atoms with van der Waals surface area (Å²) >= 11 is 0. The Kier molecular flexibility index (Phi) is 15.3. The summed E-state index contributed by atoms with van der Waals surface area (Å²) in [5, 5.41) is 15.6. The molecule has 1 spiro atoms. The van der Waals surface area contributed by atoms with Crippen LogP contribution in [0.2, 0.25) is 0 Å². The molecular weight excluding hydrogens is 708 g/mol. The average molecular weight is 763 g/mol. The molecule has 0 radical (unpaired) electrons. The fraction of sp³-hybridized carbons (Fsp3) is 0.595. The summed E-state index contributed by atoms with van der Waals surface area (Å²) in [6.07, 6.45) is 11.7. The van der Waals surface area contributed by atoms with Crippen LogP contribution in [0.3, 0.4) is 0 Å². The Morgan fingerprint density at radius 1 is 1.02 bits per heavy atom. The number of aromatic nitrogens is 2. The van der Waals surface area contributed by atoms with Gasteiger partial charge in [-0.3, -0.25) is 4.79 Å². The number of halogens is 1. The number of hydrogen-bond acceptors (Lipinski definition) is 10. The van der Waals surface area contributed by atoms with E-state index >= 15 is 0 Å². The topological polar surface area (TPSA) is 183 Å². The quantitative estimate of drug-likeness (QED) is 0.246. The molecule has 0 atom stereocenters. The first-order valence-electron chi connectivity index (χ1n) is 17.6. The SMILES string of the molecule is C.CC(C)N(C(=O)c1cc(F)ccc1Oc1cncnc1N1CC2(CCN(CC3CCC(NS(C)(=O)=O)CC3)CC2)C1)C(C)C.O=C(O)/C=C/C(=O)O. The van der Waals surface area contributed by atoms with E-state index in [1.165, 1.54) is 30.8 Å². The molecule has 3 N–H and O–H groups in total. The number of carbonyl (C=O) groups is 3. The molecule has 1 aliphatic carbocycles. The normalized spacial score (nSPS) is 20.0. The van der Waals surface area contributed by atoms with Crippen LogP contribution in [0.1, 0.15) is 84.0 Å². The Labute approximate surface area is 312 Å². The van der Waals surface area contributed by atoms with Crippen LogP contribution in [0.25, 0.3) is 0 Å². The molecule has 1 saturated carbocycles. The second-order valence-electron chi connectivity index (χ2n) is 14.6. The number of anilines is 1. The molecule has 2 aromatic rings. The fourth-order valence-electron chi connectivity index (χ4n) is 7.41. The van der Waals surface area contributed by atoms with Gasteiger partial charge in [-0.2, -0.15) is 0 Å². The highest BCUT2D eigenvalue weighted by molar-refractivity contribution is 7.88. The van der Waals surface area contributed by atoms with E-state index < -0.39 is 27.8 Å². The third kappa shape index (κ3) is 12.5. The van der Waals surface area contributed by atoms with E-state index in [-0.39, 0.29) is 48.2 Å².